The van der Waals surface area contributed by atoms with Crippen molar-refractivity contribution < 1.29 is 10.2 Å². The van der Waals surface area contributed by atoms with Crippen LogP contribution in [0.25, 0.3) is 11.6 Å². The quantitative estimate of drug-likeness (QED) is 0.837. The Bertz CT molecular complexity index is 834. The van der Waals surface area contributed by atoms with Crippen molar-refractivity contribution in [1.82, 2.24) is 4.90 Å². The molecule has 0 saturated heterocycles. The van der Waals surface area contributed by atoms with Crippen LogP contribution < -0.4 is 0 Å². The van der Waals surface area contributed by atoms with Crippen molar-refractivity contribution in [2.75, 3.05) is 20.6 Å². The first-order valence-electron chi connectivity index (χ1n) is 9.10. The van der Waals surface area contributed by atoms with Crippen LogP contribution in [0.4, 0.5) is 0 Å². The summed E-state index contributed by atoms with van der Waals surface area (Å²) in [7, 11) is 4.17. The van der Waals surface area contributed by atoms with Gasteiger partial charge in [-0.25, -0.2) is 0 Å². The number of para-hydroxylation sites is 1. The van der Waals surface area contributed by atoms with Crippen molar-refractivity contribution in [3.8, 4) is 5.75 Å². The van der Waals surface area contributed by atoms with E-state index in [0.717, 1.165) is 42.5 Å². The van der Waals surface area contributed by atoms with Gasteiger partial charge in [0, 0.05) is 12.1 Å². The Balaban J connectivity index is 1.95. The molecule has 0 saturated carbocycles. The third-order valence-corrected chi connectivity index (χ3v) is 4.82. The number of rotatable bonds is 5. The van der Waals surface area contributed by atoms with E-state index >= 15 is 0 Å². The van der Waals surface area contributed by atoms with Crippen LogP contribution in [0.15, 0.2) is 59.7 Å². The zero-order valence-corrected chi connectivity index (χ0v) is 15.6. The summed E-state index contributed by atoms with van der Waals surface area (Å²) < 4.78 is 0. The lowest BCUT2D eigenvalue weighted by Gasteiger charge is -2.26. The Morgan fingerprint density at radius 3 is 2.58 bits per heavy atom. The van der Waals surface area contributed by atoms with Gasteiger partial charge in [-0.2, -0.15) is 0 Å². The molecule has 2 aromatic carbocycles. The second-order valence-corrected chi connectivity index (χ2v) is 7.22. The minimum Gasteiger partial charge on any atom is -0.507 e. The molecular weight excluding hydrogens is 322 g/mol. The smallest absolute Gasteiger partial charge is 0.123 e. The van der Waals surface area contributed by atoms with E-state index < -0.39 is 0 Å². The van der Waals surface area contributed by atoms with Crippen LogP contribution in [-0.2, 0) is 6.61 Å². The van der Waals surface area contributed by atoms with E-state index in [2.05, 4.69) is 31.1 Å². The summed E-state index contributed by atoms with van der Waals surface area (Å²) in [6.45, 7) is 0.976. The zero-order valence-electron chi connectivity index (χ0n) is 15.6. The third kappa shape index (κ3) is 4.43. The van der Waals surface area contributed by atoms with Crippen molar-refractivity contribution in [2.24, 2.45) is 0 Å². The lowest BCUT2D eigenvalue weighted by molar-refractivity contribution is 0.282. The van der Waals surface area contributed by atoms with Crippen LogP contribution in [0.3, 0.4) is 0 Å². The fourth-order valence-corrected chi connectivity index (χ4v) is 3.61. The summed E-state index contributed by atoms with van der Waals surface area (Å²) in [4.78, 5) is 2.19. The van der Waals surface area contributed by atoms with E-state index in [0.29, 0.717) is 5.75 Å². The van der Waals surface area contributed by atoms with Crippen LogP contribution in [0, 0.1) is 0 Å². The minimum absolute atomic E-state index is 0.0625. The summed E-state index contributed by atoms with van der Waals surface area (Å²) in [5, 5.41) is 19.7. The number of phenolic OH excluding ortho intramolecular Hbond substituents is 1. The maximum Gasteiger partial charge on any atom is 0.123 e. The third-order valence-electron chi connectivity index (χ3n) is 4.82. The van der Waals surface area contributed by atoms with Crippen LogP contribution in [-0.4, -0.2) is 35.8 Å². The van der Waals surface area contributed by atoms with Crippen molar-refractivity contribution >= 4 is 11.6 Å². The highest BCUT2D eigenvalue weighted by atomic mass is 16.3. The summed E-state index contributed by atoms with van der Waals surface area (Å²) in [6.07, 6.45) is 5.12. The average molecular weight is 349 g/mol. The number of benzene rings is 2. The highest BCUT2D eigenvalue weighted by Crippen LogP contribution is 2.39. The van der Waals surface area contributed by atoms with Gasteiger partial charge < -0.3 is 15.1 Å². The predicted molar refractivity (Wildman–Crippen MR) is 108 cm³/mol. The lowest BCUT2D eigenvalue weighted by atomic mass is 9.83. The molecule has 136 valence electrons. The van der Waals surface area contributed by atoms with Gasteiger partial charge in [-0.1, -0.05) is 53.6 Å². The molecule has 2 N–H and O–H groups in total. The normalized spacial score (nSPS) is 16.5. The molecular formula is C23H27NO2. The van der Waals surface area contributed by atoms with Crippen LogP contribution in [0.5, 0.6) is 5.75 Å². The van der Waals surface area contributed by atoms with Gasteiger partial charge in [-0.05, 0) is 62.2 Å². The van der Waals surface area contributed by atoms with E-state index in [1.54, 1.807) is 6.07 Å². The Morgan fingerprint density at radius 1 is 1.04 bits per heavy atom. The van der Waals surface area contributed by atoms with Crippen molar-refractivity contribution in [3.63, 3.8) is 0 Å². The Morgan fingerprint density at radius 2 is 1.85 bits per heavy atom. The number of phenols is 1. The number of aliphatic hydroxyl groups is 1. The molecule has 3 rings (SSSR count). The van der Waals surface area contributed by atoms with Crippen molar-refractivity contribution in [2.45, 2.75) is 25.9 Å². The molecule has 0 fully saturated rings. The van der Waals surface area contributed by atoms with Gasteiger partial charge in [-0.3, -0.25) is 0 Å². The predicted octanol–water partition coefficient (Wildman–Crippen LogP) is 4.47. The number of allylic oxidation sites excluding steroid dienone is 2. The molecule has 26 heavy (non-hydrogen) atoms. The molecule has 0 aromatic heterocycles. The molecule has 0 amide bonds. The minimum atomic E-state index is 0.0625. The highest BCUT2D eigenvalue weighted by Gasteiger charge is 2.20. The monoisotopic (exact) mass is 349 g/mol. The second kappa shape index (κ2) is 8.35. The number of aliphatic hydroxyl groups excluding tert-OH is 1. The molecule has 0 radical (unpaired) electrons. The van der Waals surface area contributed by atoms with Gasteiger partial charge in [0.15, 0.2) is 0 Å². The number of likely N-dealkylation sites (N-methyl/N-ethyl adjacent to an activating group) is 1. The number of nitrogens with zero attached hydrogens (tertiary/aromatic N) is 1. The van der Waals surface area contributed by atoms with E-state index in [4.69, 9.17) is 0 Å². The summed E-state index contributed by atoms with van der Waals surface area (Å²) >= 11 is 0. The molecule has 0 bridgehead atoms. The second-order valence-electron chi connectivity index (χ2n) is 7.22. The SMILES string of the molecule is CN(C)CC1=C(c2ccccc2O)CC(=Cc2cccc(CO)c2)CC1. The van der Waals surface area contributed by atoms with E-state index in [1.807, 2.05) is 36.4 Å². The molecule has 0 atom stereocenters. The first-order chi connectivity index (χ1) is 12.6. The molecule has 0 aliphatic heterocycles. The molecule has 3 nitrogen and oxygen atoms in total. The fraction of sp³-hybridized carbons (Fsp3) is 0.304. The molecule has 2 aromatic rings. The van der Waals surface area contributed by atoms with Crippen LogP contribution >= 0.6 is 0 Å². The first kappa shape index (κ1) is 18.4. The molecule has 3 heteroatoms. The van der Waals surface area contributed by atoms with Crippen LogP contribution in [0.2, 0.25) is 0 Å². The van der Waals surface area contributed by atoms with Crippen LogP contribution in [0.1, 0.15) is 36.0 Å². The van der Waals surface area contributed by atoms with E-state index in [9.17, 15) is 10.2 Å². The summed E-state index contributed by atoms with van der Waals surface area (Å²) in [6, 6.07) is 15.6. The van der Waals surface area contributed by atoms with Gasteiger partial charge in [0.1, 0.15) is 5.75 Å². The summed E-state index contributed by atoms with van der Waals surface area (Å²) in [5.74, 6) is 0.349. The fourth-order valence-electron chi connectivity index (χ4n) is 3.61. The molecule has 1 aliphatic carbocycles. The van der Waals surface area contributed by atoms with Gasteiger partial charge in [0.2, 0.25) is 0 Å². The summed E-state index contributed by atoms with van der Waals surface area (Å²) in [5.41, 5.74) is 7.00. The molecule has 0 heterocycles. The van der Waals surface area contributed by atoms with E-state index in [1.165, 1.54) is 16.7 Å². The Labute approximate surface area is 155 Å². The highest BCUT2D eigenvalue weighted by molar-refractivity contribution is 5.77. The number of aromatic hydroxyl groups is 1. The maximum absolute atomic E-state index is 10.4. The largest absolute Gasteiger partial charge is 0.507 e. The van der Waals surface area contributed by atoms with Gasteiger partial charge in [-0.15, -0.1) is 0 Å². The molecule has 0 spiro atoms. The molecule has 1 aliphatic rings. The Kier molecular flexibility index (Phi) is 5.92. The molecule has 0 unspecified atom stereocenters. The average Bonchev–Trinajstić information content (AvgIpc) is 2.63. The number of hydrogen-bond donors (Lipinski definition) is 2. The first-order valence-corrected chi connectivity index (χ1v) is 9.10. The maximum atomic E-state index is 10.4. The number of hydrogen-bond acceptors (Lipinski definition) is 3. The van der Waals surface area contributed by atoms with E-state index in [-0.39, 0.29) is 6.61 Å². The van der Waals surface area contributed by atoms with Crippen molar-refractivity contribution in [3.05, 3.63) is 76.4 Å². The van der Waals surface area contributed by atoms with Gasteiger partial charge >= 0.3 is 0 Å². The standard InChI is InChI=1S/C23H27NO2/c1-24(2)15-20-11-10-18(12-17-6-5-7-19(13-17)16-25)14-22(20)21-8-3-4-9-23(21)26/h3-9,12-13,25-26H,10-11,14-16H2,1-2H3. The Hall–Kier alpha value is -2.36. The van der Waals surface area contributed by atoms with Gasteiger partial charge in [0.05, 0.1) is 6.61 Å². The van der Waals surface area contributed by atoms with Gasteiger partial charge in [0.25, 0.3) is 0 Å². The zero-order chi connectivity index (χ0) is 18.5. The lowest BCUT2D eigenvalue weighted by Crippen LogP contribution is -2.18. The topological polar surface area (TPSA) is 43.7 Å². The van der Waals surface area contributed by atoms with Crippen molar-refractivity contribution in [1.29, 1.82) is 0 Å².